The maximum absolute atomic E-state index is 6.60. The van der Waals surface area contributed by atoms with Crippen LogP contribution in [0.4, 0.5) is 17.1 Å². The van der Waals surface area contributed by atoms with Gasteiger partial charge in [0.15, 0.2) is 0 Å². The number of rotatable bonds is 1. The number of hydrogen-bond acceptors (Lipinski definition) is 3. The lowest BCUT2D eigenvalue weighted by molar-refractivity contribution is 0.486. The molecule has 4 aliphatic heterocycles. The van der Waals surface area contributed by atoms with Gasteiger partial charge in [-0.25, -0.2) is 0 Å². The van der Waals surface area contributed by atoms with Crippen LogP contribution in [0.2, 0.25) is 0 Å². The number of hydrogen-bond donors (Lipinski definition) is 0. The van der Waals surface area contributed by atoms with Gasteiger partial charge in [-0.3, -0.25) is 0 Å². The number of ether oxygens (including phenoxy) is 2. The third kappa shape index (κ3) is 2.11. The minimum Gasteiger partial charge on any atom is -0.458 e. The van der Waals surface area contributed by atoms with Gasteiger partial charge in [0.05, 0.1) is 0 Å². The first-order valence-corrected chi connectivity index (χ1v) is 12.1. The van der Waals surface area contributed by atoms with Crippen LogP contribution in [-0.4, -0.2) is 13.4 Å². The molecule has 160 valence electrons. The average molecular weight is 445 g/mol. The number of para-hydroxylation sites is 2. The standard InChI is InChI=1S/C30H17B2NO2/c1-2-8-18(9-3-1)33-21-12-7-15-25-28(21)32-27-20(11-6-14-24(27)35-25)31-19-10-4-5-13-23(19)34-26-17-16-22(33)29(32)30(26)31/h1-17H. The topological polar surface area (TPSA) is 21.7 Å². The molecular formula is C30H17B2NO2. The monoisotopic (exact) mass is 445 g/mol. The van der Waals surface area contributed by atoms with E-state index in [1.54, 1.807) is 0 Å². The van der Waals surface area contributed by atoms with Crippen LogP contribution in [0.25, 0.3) is 0 Å². The second-order valence-corrected chi connectivity index (χ2v) is 9.64. The summed E-state index contributed by atoms with van der Waals surface area (Å²) in [6.45, 7) is 0.236. The molecular weight excluding hydrogens is 428 g/mol. The smallest absolute Gasteiger partial charge is 0.255 e. The van der Waals surface area contributed by atoms with Crippen LogP contribution in [0.15, 0.2) is 103 Å². The summed E-state index contributed by atoms with van der Waals surface area (Å²) < 4.78 is 13.1. The molecule has 35 heavy (non-hydrogen) atoms. The lowest BCUT2D eigenvalue weighted by atomic mass is 9.19. The minimum atomic E-state index is 0.115. The largest absolute Gasteiger partial charge is 0.458 e. The van der Waals surface area contributed by atoms with Gasteiger partial charge in [0.1, 0.15) is 23.0 Å². The van der Waals surface area contributed by atoms with Crippen molar-refractivity contribution in [3.63, 3.8) is 0 Å². The summed E-state index contributed by atoms with van der Waals surface area (Å²) in [6.07, 6.45) is 0. The highest BCUT2D eigenvalue weighted by molar-refractivity contribution is 7.13. The summed E-state index contributed by atoms with van der Waals surface area (Å²) in [5.74, 6) is 3.81. The highest BCUT2D eigenvalue weighted by Gasteiger charge is 2.51. The van der Waals surface area contributed by atoms with Crippen molar-refractivity contribution in [1.29, 1.82) is 0 Å². The molecule has 0 bridgehead atoms. The van der Waals surface area contributed by atoms with Crippen molar-refractivity contribution in [2.24, 2.45) is 0 Å². The molecule has 5 aromatic carbocycles. The van der Waals surface area contributed by atoms with Gasteiger partial charge in [0.25, 0.3) is 6.71 Å². The normalized spacial score (nSPS) is 14.6. The number of fused-ring (bicyclic) bond motifs is 3. The maximum Gasteiger partial charge on any atom is 0.255 e. The number of anilines is 3. The summed E-state index contributed by atoms with van der Waals surface area (Å²) in [5, 5.41) is 0. The van der Waals surface area contributed by atoms with Crippen LogP contribution >= 0.6 is 0 Å². The van der Waals surface area contributed by atoms with E-state index in [2.05, 4.69) is 108 Å². The van der Waals surface area contributed by atoms with Gasteiger partial charge in [0, 0.05) is 17.1 Å². The Bertz CT molecular complexity index is 1720. The van der Waals surface area contributed by atoms with Crippen LogP contribution in [0, 0.1) is 0 Å². The van der Waals surface area contributed by atoms with Gasteiger partial charge in [-0.05, 0) is 75.8 Å². The van der Waals surface area contributed by atoms with Gasteiger partial charge < -0.3 is 14.4 Å². The Morgan fingerprint density at radius 1 is 0.429 bits per heavy atom. The zero-order valence-corrected chi connectivity index (χ0v) is 18.7. The van der Waals surface area contributed by atoms with Crippen molar-refractivity contribution in [1.82, 2.24) is 0 Å². The lowest BCUT2D eigenvalue weighted by Crippen LogP contribution is -2.78. The second-order valence-electron chi connectivity index (χ2n) is 9.64. The van der Waals surface area contributed by atoms with Crippen LogP contribution < -0.4 is 47.2 Å². The average Bonchev–Trinajstić information content (AvgIpc) is 2.91. The second kappa shape index (κ2) is 6.19. The Kier molecular flexibility index (Phi) is 3.19. The number of benzene rings is 5. The van der Waals surface area contributed by atoms with E-state index in [1.807, 2.05) is 0 Å². The third-order valence-electron chi connectivity index (χ3n) is 8.00. The van der Waals surface area contributed by atoms with Gasteiger partial charge in [-0.2, -0.15) is 0 Å². The highest BCUT2D eigenvalue weighted by atomic mass is 16.5. The molecule has 0 N–H and O–H groups in total. The third-order valence-corrected chi connectivity index (χ3v) is 8.00. The molecule has 0 aromatic heterocycles. The van der Waals surface area contributed by atoms with E-state index >= 15 is 0 Å². The Morgan fingerprint density at radius 2 is 1.09 bits per heavy atom. The molecule has 0 aliphatic carbocycles. The van der Waals surface area contributed by atoms with Crippen LogP contribution in [0.5, 0.6) is 23.0 Å². The van der Waals surface area contributed by atoms with E-state index in [1.165, 1.54) is 44.2 Å². The SMILES string of the molecule is c1ccc(N2c3cccc4c3B3c5c(cccc5B5c6ccccc6Oc6ccc2c3c65)O4)cc1. The predicted molar refractivity (Wildman–Crippen MR) is 143 cm³/mol. The molecule has 0 saturated heterocycles. The summed E-state index contributed by atoms with van der Waals surface area (Å²) in [7, 11) is 0. The molecule has 0 unspecified atom stereocenters. The van der Waals surface area contributed by atoms with Gasteiger partial charge in [-0.15, -0.1) is 0 Å². The van der Waals surface area contributed by atoms with Crippen molar-refractivity contribution in [3.05, 3.63) is 103 Å². The van der Waals surface area contributed by atoms with Gasteiger partial charge in [-0.1, -0.05) is 60.1 Å². The van der Waals surface area contributed by atoms with E-state index in [-0.39, 0.29) is 13.4 Å². The minimum absolute atomic E-state index is 0.115. The van der Waals surface area contributed by atoms with Gasteiger partial charge in [0.2, 0.25) is 6.71 Å². The van der Waals surface area contributed by atoms with Crippen molar-refractivity contribution >= 4 is 63.3 Å². The molecule has 0 saturated carbocycles. The van der Waals surface area contributed by atoms with E-state index in [0.29, 0.717) is 0 Å². The van der Waals surface area contributed by atoms with E-state index in [9.17, 15) is 0 Å². The van der Waals surface area contributed by atoms with E-state index in [0.717, 1.165) is 28.7 Å². The quantitative estimate of drug-likeness (QED) is 0.363. The Balaban J connectivity index is 1.46. The molecule has 0 fully saturated rings. The maximum atomic E-state index is 6.60. The fraction of sp³-hybridized carbons (Fsp3) is 0. The highest BCUT2D eigenvalue weighted by Crippen LogP contribution is 2.42. The fourth-order valence-electron chi connectivity index (χ4n) is 6.75. The van der Waals surface area contributed by atoms with E-state index in [4.69, 9.17) is 9.47 Å². The van der Waals surface area contributed by atoms with Crippen molar-refractivity contribution in [3.8, 4) is 23.0 Å². The lowest BCUT2D eigenvalue weighted by Gasteiger charge is -2.46. The van der Waals surface area contributed by atoms with Crippen LogP contribution in [0.3, 0.4) is 0 Å². The van der Waals surface area contributed by atoms with Crippen LogP contribution in [0.1, 0.15) is 0 Å². The first-order chi connectivity index (χ1) is 17.4. The first-order valence-electron chi connectivity index (χ1n) is 12.1. The molecule has 5 aromatic rings. The van der Waals surface area contributed by atoms with Crippen molar-refractivity contribution in [2.45, 2.75) is 0 Å². The molecule has 9 rings (SSSR count). The Morgan fingerprint density at radius 3 is 2.00 bits per heavy atom. The number of nitrogens with zero attached hydrogens (tertiary/aromatic N) is 1. The molecule has 3 nitrogen and oxygen atoms in total. The molecule has 4 heterocycles. The summed E-state index contributed by atoms with van der Waals surface area (Å²) in [5.41, 5.74) is 11.3. The molecule has 4 aliphatic rings. The zero-order valence-electron chi connectivity index (χ0n) is 18.7. The predicted octanol–water partition coefficient (Wildman–Crippen LogP) is 3.03. The molecule has 0 atom stereocenters. The fourth-order valence-corrected chi connectivity index (χ4v) is 6.75. The van der Waals surface area contributed by atoms with E-state index < -0.39 is 0 Å². The summed E-state index contributed by atoms with van der Waals surface area (Å²) in [4.78, 5) is 2.39. The zero-order chi connectivity index (χ0) is 22.7. The van der Waals surface area contributed by atoms with Crippen molar-refractivity contribution in [2.75, 3.05) is 4.90 Å². The molecule has 5 heteroatoms. The Hall–Kier alpha value is -4.37. The molecule has 0 radical (unpaired) electrons. The van der Waals surface area contributed by atoms with Crippen LogP contribution in [-0.2, 0) is 0 Å². The molecule has 0 amide bonds. The van der Waals surface area contributed by atoms with Gasteiger partial charge >= 0.3 is 0 Å². The Labute approximate surface area is 203 Å². The summed E-state index contributed by atoms with van der Waals surface area (Å²) in [6, 6.07) is 36.5. The molecule has 0 spiro atoms. The summed E-state index contributed by atoms with van der Waals surface area (Å²) >= 11 is 0. The first kappa shape index (κ1) is 18.0. The van der Waals surface area contributed by atoms with Crippen molar-refractivity contribution < 1.29 is 9.47 Å².